The molecule has 0 unspecified atom stereocenters. The summed E-state index contributed by atoms with van der Waals surface area (Å²) in [6.07, 6.45) is 3.41. The fourth-order valence-electron chi connectivity index (χ4n) is 1.04. The van der Waals surface area contributed by atoms with Crippen molar-refractivity contribution in [3.63, 3.8) is 0 Å². The Morgan fingerprint density at radius 2 is 2.25 bits per heavy atom. The quantitative estimate of drug-likeness (QED) is 0.335. The Morgan fingerprint density at radius 3 is 2.88 bits per heavy atom. The van der Waals surface area contributed by atoms with Crippen LogP contribution in [0, 0.1) is 0 Å². The molecule has 16 heavy (non-hydrogen) atoms. The van der Waals surface area contributed by atoms with Gasteiger partial charge in [-0.1, -0.05) is 12.1 Å². The van der Waals surface area contributed by atoms with Crippen molar-refractivity contribution >= 4 is 18.3 Å². The minimum Gasteiger partial charge on any atom is -0.452 e. The van der Waals surface area contributed by atoms with Crippen molar-refractivity contribution in [2.75, 3.05) is 12.8 Å². The molecule has 1 amide bonds. The first-order chi connectivity index (χ1) is 7.77. The van der Waals surface area contributed by atoms with Crippen LogP contribution in [0.2, 0.25) is 0 Å². The number of nitrogens with one attached hydrogen (secondary N) is 1. The number of carbonyl (C=O) groups excluding carboxylic acids is 1. The number of nitrogen functional groups attached to an aromatic ring is 1. The number of benzene rings is 1. The summed E-state index contributed by atoms with van der Waals surface area (Å²) in [5.74, 6) is 0.911. The highest BCUT2D eigenvalue weighted by molar-refractivity contribution is 5.77. The van der Waals surface area contributed by atoms with E-state index in [9.17, 15) is 4.79 Å². The molecule has 0 aromatic heterocycles. The van der Waals surface area contributed by atoms with E-state index in [0.29, 0.717) is 23.6 Å². The molecule has 0 saturated carbocycles. The van der Waals surface area contributed by atoms with Crippen LogP contribution in [0.4, 0.5) is 5.69 Å². The molecule has 0 radical (unpaired) electrons. The number of nitrogens with two attached hydrogens (primary N) is 1. The molecule has 84 valence electrons. The first-order valence-corrected chi connectivity index (χ1v) is 4.62. The lowest BCUT2D eigenvalue weighted by molar-refractivity contribution is -0.108. The van der Waals surface area contributed by atoms with Gasteiger partial charge in [-0.3, -0.25) is 9.79 Å². The first kappa shape index (κ1) is 11.8. The van der Waals surface area contributed by atoms with Gasteiger partial charge in [-0.25, -0.2) is 0 Å². The second kappa shape index (κ2) is 6.23. The normalized spacial score (nSPS) is 11.4. The van der Waals surface area contributed by atoms with Crippen LogP contribution in [0.3, 0.4) is 0 Å². The number of hydrogen-bond acceptors (Lipinski definition) is 4. The van der Waals surface area contributed by atoms with E-state index in [1.165, 1.54) is 12.4 Å². The molecule has 0 aliphatic rings. The second-order valence-electron chi connectivity index (χ2n) is 2.86. The molecule has 5 nitrogen and oxygen atoms in total. The largest absolute Gasteiger partial charge is 0.452 e. The minimum absolute atomic E-state index is 0.396. The number of anilines is 1. The van der Waals surface area contributed by atoms with Gasteiger partial charge in [0, 0.05) is 13.2 Å². The summed E-state index contributed by atoms with van der Waals surface area (Å²) >= 11 is 0. The predicted molar refractivity (Wildman–Crippen MR) is 63.2 cm³/mol. The Balaban J connectivity index is 2.83. The molecule has 0 atom stereocenters. The number of allylic oxidation sites excluding steroid dienone is 1. The Labute approximate surface area is 93.6 Å². The fraction of sp³-hybridized carbons (Fsp3) is 0.0909. The lowest BCUT2D eigenvalue weighted by Gasteiger charge is -2.07. The highest BCUT2D eigenvalue weighted by Crippen LogP contribution is 2.21. The molecule has 0 aliphatic heterocycles. The van der Waals surface area contributed by atoms with Gasteiger partial charge in [-0.15, -0.1) is 0 Å². The number of nitrogens with zero attached hydrogens (tertiary/aromatic N) is 1. The van der Waals surface area contributed by atoms with Crippen LogP contribution in [-0.2, 0) is 4.79 Å². The molecule has 5 heteroatoms. The summed E-state index contributed by atoms with van der Waals surface area (Å²) in [5, 5.41) is 2.37. The summed E-state index contributed by atoms with van der Waals surface area (Å²) in [6, 6.07) is 7.07. The van der Waals surface area contributed by atoms with Crippen LogP contribution in [0.1, 0.15) is 0 Å². The van der Waals surface area contributed by atoms with Crippen LogP contribution < -0.4 is 15.8 Å². The van der Waals surface area contributed by atoms with Gasteiger partial charge in [-0.05, 0) is 12.1 Å². The van der Waals surface area contributed by atoms with Crippen molar-refractivity contribution in [1.82, 2.24) is 5.32 Å². The highest BCUT2D eigenvalue weighted by Gasteiger charge is 2.01. The molecule has 1 rings (SSSR count). The van der Waals surface area contributed by atoms with Gasteiger partial charge in [0.25, 0.3) is 0 Å². The van der Waals surface area contributed by atoms with Crippen LogP contribution in [0.15, 0.2) is 41.2 Å². The number of rotatable bonds is 5. The van der Waals surface area contributed by atoms with Crippen molar-refractivity contribution in [2.24, 2.45) is 4.99 Å². The third-order valence-electron chi connectivity index (χ3n) is 1.70. The smallest absolute Gasteiger partial charge is 0.211 e. The molecule has 0 bridgehead atoms. The van der Waals surface area contributed by atoms with E-state index in [1.54, 1.807) is 25.2 Å². The number of hydrogen-bond donors (Lipinski definition) is 2. The van der Waals surface area contributed by atoms with Crippen LogP contribution in [0.25, 0.3) is 0 Å². The first-order valence-electron chi connectivity index (χ1n) is 4.62. The number of aliphatic imine (C=N–C) groups is 1. The molecule has 0 aliphatic carbocycles. The average molecular weight is 219 g/mol. The van der Waals surface area contributed by atoms with Gasteiger partial charge >= 0.3 is 0 Å². The standard InChI is InChI=1S/C11H13N3O2/c1-13-6-9(7-14-8-15)16-11-5-3-2-4-10(11)12/h2-8H,12H2,1H3,(H,14,15). The highest BCUT2D eigenvalue weighted by atomic mass is 16.5. The maximum absolute atomic E-state index is 10.2. The molecule has 0 fully saturated rings. The van der Waals surface area contributed by atoms with Crippen molar-refractivity contribution in [3.8, 4) is 5.75 Å². The van der Waals surface area contributed by atoms with Crippen molar-refractivity contribution < 1.29 is 9.53 Å². The molecular weight excluding hydrogens is 206 g/mol. The number of para-hydroxylation sites is 2. The van der Waals surface area contributed by atoms with Crippen molar-refractivity contribution in [1.29, 1.82) is 0 Å². The molecule has 0 saturated heterocycles. The van der Waals surface area contributed by atoms with E-state index in [4.69, 9.17) is 10.5 Å². The average Bonchev–Trinajstić information content (AvgIpc) is 2.29. The van der Waals surface area contributed by atoms with Crippen LogP contribution in [0.5, 0.6) is 5.75 Å². The van der Waals surface area contributed by atoms with Gasteiger partial charge in [0.2, 0.25) is 6.41 Å². The number of ether oxygens (including phenoxy) is 1. The van der Waals surface area contributed by atoms with E-state index in [1.807, 2.05) is 6.07 Å². The molecule has 0 spiro atoms. The van der Waals surface area contributed by atoms with Gasteiger partial charge in [0.15, 0.2) is 5.76 Å². The summed E-state index contributed by atoms with van der Waals surface area (Å²) in [6.45, 7) is 0. The zero-order valence-electron chi connectivity index (χ0n) is 8.88. The molecular formula is C11H13N3O2. The van der Waals surface area contributed by atoms with E-state index in [2.05, 4.69) is 10.3 Å². The zero-order chi connectivity index (χ0) is 11.8. The van der Waals surface area contributed by atoms with Crippen molar-refractivity contribution in [3.05, 3.63) is 36.2 Å². The van der Waals surface area contributed by atoms with Crippen molar-refractivity contribution in [2.45, 2.75) is 0 Å². The Kier molecular flexibility index (Phi) is 4.59. The van der Waals surface area contributed by atoms with Gasteiger partial charge in [0.1, 0.15) is 5.75 Å². The number of amides is 1. The Bertz CT molecular complexity index is 413. The topological polar surface area (TPSA) is 76.7 Å². The molecule has 1 aromatic rings. The Hall–Kier alpha value is -2.30. The molecule has 1 aromatic carbocycles. The lowest BCUT2D eigenvalue weighted by Crippen LogP contribution is -2.07. The van der Waals surface area contributed by atoms with E-state index in [-0.39, 0.29) is 0 Å². The van der Waals surface area contributed by atoms with Crippen LogP contribution in [-0.4, -0.2) is 19.7 Å². The summed E-state index contributed by atoms with van der Waals surface area (Å²) in [5.41, 5.74) is 6.22. The van der Waals surface area contributed by atoms with Crippen LogP contribution >= 0.6 is 0 Å². The maximum atomic E-state index is 10.2. The monoisotopic (exact) mass is 219 g/mol. The number of carbonyl (C=O) groups is 1. The van der Waals surface area contributed by atoms with E-state index >= 15 is 0 Å². The zero-order valence-corrected chi connectivity index (χ0v) is 8.88. The SMILES string of the molecule is CN=CC(=CNC=O)Oc1ccccc1N. The second-order valence-corrected chi connectivity index (χ2v) is 2.86. The van der Waals surface area contributed by atoms with E-state index < -0.39 is 0 Å². The van der Waals surface area contributed by atoms with Gasteiger partial charge in [-0.2, -0.15) is 0 Å². The summed E-state index contributed by atoms with van der Waals surface area (Å²) in [4.78, 5) is 14.0. The van der Waals surface area contributed by atoms with Gasteiger partial charge < -0.3 is 15.8 Å². The summed E-state index contributed by atoms with van der Waals surface area (Å²) in [7, 11) is 1.60. The molecule has 0 heterocycles. The lowest BCUT2D eigenvalue weighted by atomic mass is 10.3. The Morgan fingerprint density at radius 1 is 1.50 bits per heavy atom. The fourth-order valence-corrected chi connectivity index (χ4v) is 1.04. The van der Waals surface area contributed by atoms with E-state index in [0.717, 1.165) is 0 Å². The third kappa shape index (κ3) is 3.45. The van der Waals surface area contributed by atoms with Gasteiger partial charge in [0.05, 0.1) is 11.9 Å². The summed E-state index contributed by atoms with van der Waals surface area (Å²) < 4.78 is 5.45. The minimum atomic E-state index is 0.396. The predicted octanol–water partition coefficient (Wildman–Crippen LogP) is 0.936. The molecule has 3 N–H and O–H groups in total. The third-order valence-corrected chi connectivity index (χ3v) is 1.70. The maximum Gasteiger partial charge on any atom is 0.211 e.